The highest BCUT2D eigenvalue weighted by atomic mass is 28.4. The lowest BCUT2D eigenvalue weighted by atomic mass is 11.9. The fourth-order valence-electron chi connectivity index (χ4n) is 0.267. The van der Waals surface area contributed by atoms with Crippen molar-refractivity contribution in [2.45, 2.75) is 13.1 Å². The van der Waals surface area contributed by atoms with Crippen molar-refractivity contribution >= 4 is 28.1 Å². The van der Waals surface area contributed by atoms with Crippen LogP contribution in [0.5, 0.6) is 0 Å². The summed E-state index contributed by atoms with van der Waals surface area (Å²) in [6, 6.07) is 0. The molecule has 0 amide bonds. The van der Waals surface area contributed by atoms with Gasteiger partial charge < -0.3 is 18.5 Å². The summed E-state index contributed by atoms with van der Waals surface area (Å²) >= 11 is 0. The molecule has 0 aliphatic rings. The lowest BCUT2D eigenvalue weighted by molar-refractivity contribution is -0.185. The van der Waals surface area contributed by atoms with Gasteiger partial charge in [0.2, 0.25) is 0 Å². The van der Waals surface area contributed by atoms with E-state index >= 15 is 0 Å². The van der Waals surface area contributed by atoms with E-state index in [9.17, 15) is 0 Å². The van der Waals surface area contributed by atoms with Crippen LogP contribution in [0, 0.1) is 0 Å². The summed E-state index contributed by atoms with van der Waals surface area (Å²) in [6.07, 6.45) is 0. The molecular weight excluding hydrogens is 204 g/mol. The van der Waals surface area contributed by atoms with Gasteiger partial charge in [-0.25, -0.2) is 4.58 Å². The van der Waals surface area contributed by atoms with Crippen LogP contribution < -0.4 is 0 Å². The predicted molar refractivity (Wildman–Crippen MR) is 43.1 cm³/mol. The summed E-state index contributed by atoms with van der Waals surface area (Å²) in [5.41, 5.74) is 0. The van der Waals surface area contributed by atoms with Gasteiger partial charge in [-0.2, -0.15) is 0 Å². The van der Waals surface area contributed by atoms with Crippen LogP contribution in [0.2, 0.25) is 13.1 Å². The molecule has 0 bridgehead atoms. The van der Waals surface area contributed by atoms with Crippen molar-refractivity contribution in [1.29, 1.82) is 0 Å². The maximum atomic E-state index is 8.26. The molecule has 0 saturated carbocycles. The molecule has 11 heavy (non-hydrogen) atoms. The van der Waals surface area contributed by atoms with Crippen molar-refractivity contribution in [3.05, 3.63) is 0 Å². The van der Waals surface area contributed by atoms with Crippen LogP contribution in [-0.2, 0) is 13.3 Å². The minimum atomic E-state index is -4.48. The fourth-order valence-corrected chi connectivity index (χ4v) is 2.40. The molecule has 0 fully saturated rings. The van der Waals surface area contributed by atoms with E-state index in [1.165, 1.54) is 0 Å². The fraction of sp³-hybridized carbons (Fsp3) is 1.00. The summed E-state index contributed by atoms with van der Waals surface area (Å²) in [6.45, 7) is 3.88. The second kappa shape index (κ2) is 5.13. The standard InChI is InChI=1S/C2H12O6Si3/c1-10(2)8-9-6-7-11(3,4)5/h3-5,10H,9H2,1-2H3. The average Bonchev–Trinajstić information content (AvgIpc) is 1.78. The molecule has 0 aromatic carbocycles. The lowest BCUT2D eigenvalue weighted by Crippen LogP contribution is -2.39. The Balaban J connectivity index is 3.15. The zero-order chi connectivity index (χ0) is 8.91. The van der Waals surface area contributed by atoms with Crippen LogP contribution in [0.25, 0.3) is 0 Å². The van der Waals surface area contributed by atoms with Crippen LogP contribution in [0.3, 0.4) is 0 Å². The van der Waals surface area contributed by atoms with Crippen molar-refractivity contribution in [3.63, 3.8) is 0 Å². The van der Waals surface area contributed by atoms with Crippen molar-refractivity contribution in [2.24, 2.45) is 0 Å². The zero-order valence-electron chi connectivity index (χ0n) is 6.35. The third kappa shape index (κ3) is 10.4. The summed E-state index contributed by atoms with van der Waals surface area (Å²) in [4.78, 5) is 24.8. The van der Waals surface area contributed by atoms with E-state index in [1.54, 1.807) is 0 Å². The van der Waals surface area contributed by atoms with Crippen molar-refractivity contribution < 1.29 is 27.7 Å². The van der Waals surface area contributed by atoms with Gasteiger partial charge in [0.25, 0.3) is 0 Å². The van der Waals surface area contributed by atoms with E-state index in [2.05, 4.69) is 9.15 Å². The van der Waals surface area contributed by atoms with Gasteiger partial charge in [-0.3, -0.25) is 4.58 Å². The highest BCUT2D eigenvalue weighted by Crippen LogP contribution is 1.90. The number of rotatable bonds is 5. The molecule has 0 heterocycles. The Labute approximate surface area is 69.6 Å². The molecule has 0 aromatic rings. The van der Waals surface area contributed by atoms with Gasteiger partial charge in [0, 0.05) is 0 Å². The van der Waals surface area contributed by atoms with Crippen molar-refractivity contribution in [1.82, 2.24) is 0 Å². The zero-order valence-corrected chi connectivity index (χ0v) is 9.92. The normalized spacial score (nSPS) is 13.6. The molecular formula is C2H12O6Si3. The third-order valence-electron chi connectivity index (χ3n) is 0.620. The van der Waals surface area contributed by atoms with Gasteiger partial charge in [0.15, 0.2) is 9.04 Å². The summed E-state index contributed by atoms with van der Waals surface area (Å²) in [5.74, 6) is 0. The predicted octanol–water partition coefficient (Wildman–Crippen LogP) is -2.65. The van der Waals surface area contributed by atoms with Gasteiger partial charge in [-0.05, 0) is 13.1 Å². The lowest BCUT2D eigenvalue weighted by Gasteiger charge is -2.10. The van der Waals surface area contributed by atoms with Crippen LogP contribution in [0.15, 0.2) is 0 Å². The van der Waals surface area contributed by atoms with E-state index in [4.69, 9.17) is 18.5 Å². The van der Waals surface area contributed by atoms with E-state index in [0.717, 1.165) is 0 Å². The molecule has 0 spiro atoms. The highest BCUT2D eigenvalue weighted by molar-refractivity contribution is 6.54. The molecule has 0 saturated heterocycles. The van der Waals surface area contributed by atoms with E-state index in [-0.39, 0.29) is 0 Å². The van der Waals surface area contributed by atoms with Crippen LogP contribution in [0.1, 0.15) is 0 Å². The average molecular weight is 216 g/mol. The SMILES string of the molecule is C[SiH](C)O[SiH2]OO[Si](O)(O)O. The largest absolute Gasteiger partial charge is 0.698 e. The smallest absolute Gasteiger partial charge is 0.442 e. The van der Waals surface area contributed by atoms with Crippen molar-refractivity contribution in [3.8, 4) is 0 Å². The maximum absolute atomic E-state index is 8.26. The minimum Gasteiger partial charge on any atom is -0.442 e. The molecule has 0 aromatic heterocycles. The second-order valence-electron chi connectivity index (χ2n) is 2.11. The minimum absolute atomic E-state index is 1.13. The van der Waals surface area contributed by atoms with Gasteiger partial charge in [0.05, 0.1) is 0 Å². The summed E-state index contributed by atoms with van der Waals surface area (Å²) < 4.78 is 13.2. The number of hydrogen-bond donors (Lipinski definition) is 3. The maximum Gasteiger partial charge on any atom is 0.698 e. The van der Waals surface area contributed by atoms with E-state index in [1.807, 2.05) is 13.1 Å². The Morgan fingerprint density at radius 3 is 2.18 bits per heavy atom. The summed E-state index contributed by atoms with van der Waals surface area (Å²) in [7, 11) is -6.93. The van der Waals surface area contributed by atoms with Gasteiger partial charge in [0.1, 0.15) is 0 Å². The van der Waals surface area contributed by atoms with Crippen molar-refractivity contribution in [2.75, 3.05) is 0 Å². The van der Waals surface area contributed by atoms with Crippen LogP contribution >= 0.6 is 0 Å². The monoisotopic (exact) mass is 216 g/mol. The third-order valence-corrected chi connectivity index (χ3v) is 4.62. The molecule has 0 unspecified atom stereocenters. The molecule has 3 N–H and O–H groups in total. The topological polar surface area (TPSA) is 88.4 Å². The first-order chi connectivity index (χ1) is 4.92. The van der Waals surface area contributed by atoms with Crippen LogP contribution in [-0.4, -0.2) is 42.5 Å². The molecule has 68 valence electrons. The first-order valence-corrected chi connectivity index (χ1v) is 8.69. The first kappa shape index (κ1) is 11.4. The molecule has 0 atom stereocenters. The molecule has 9 heteroatoms. The Hall–Kier alpha value is 0.411. The Morgan fingerprint density at radius 2 is 1.82 bits per heavy atom. The molecule has 0 rings (SSSR count). The van der Waals surface area contributed by atoms with Gasteiger partial charge in [-0.15, -0.1) is 0 Å². The Morgan fingerprint density at radius 1 is 1.27 bits per heavy atom. The quantitative estimate of drug-likeness (QED) is 0.201. The molecule has 0 radical (unpaired) electrons. The Kier molecular flexibility index (Phi) is 5.32. The van der Waals surface area contributed by atoms with Crippen LogP contribution in [0.4, 0.5) is 0 Å². The van der Waals surface area contributed by atoms with Gasteiger partial charge >= 0.3 is 19.1 Å². The molecule has 6 nitrogen and oxygen atoms in total. The molecule has 0 aliphatic carbocycles. The van der Waals surface area contributed by atoms with Gasteiger partial charge in [-0.1, -0.05) is 0 Å². The van der Waals surface area contributed by atoms with E-state index < -0.39 is 28.1 Å². The molecule has 0 aliphatic heterocycles. The first-order valence-electron chi connectivity index (χ1n) is 3.01. The summed E-state index contributed by atoms with van der Waals surface area (Å²) in [5, 5.41) is 0. The highest BCUT2D eigenvalue weighted by Gasteiger charge is 2.32. The van der Waals surface area contributed by atoms with E-state index in [0.29, 0.717) is 0 Å². The Bertz CT molecular complexity index is 100. The second-order valence-corrected chi connectivity index (χ2v) is 7.32. The number of hydrogen-bond acceptors (Lipinski definition) is 6.